The van der Waals surface area contributed by atoms with E-state index in [2.05, 4.69) is 15.3 Å². The summed E-state index contributed by atoms with van der Waals surface area (Å²) in [6.07, 6.45) is 2.36. The fourth-order valence-corrected chi connectivity index (χ4v) is 3.50. The quantitative estimate of drug-likeness (QED) is 0.483. The van der Waals surface area contributed by atoms with Gasteiger partial charge in [0.1, 0.15) is 11.4 Å². The van der Waals surface area contributed by atoms with Gasteiger partial charge in [-0.05, 0) is 24.8 Å². The van der Waals surface area contributed by atoms with Gasteiger partial charge in [0.15, 0.2) is 0 Å². The van der Waals surface area contributed by atoms with Gasteiger partial charge in [-0.15, -0.1) is 11.3 Å². The Hall–Kier alpha value is -1.18. The van der Waals surface area contributed by atoms with E-state index >= 15 is 0 Å². The topological polar surface area (TPSA) is 64.1 Å². The molecular formula is C13H17N3O2S2. The van der Waals surface area contributed by atoms with E-state index in [4.69, 9.17) is 4.74 Å². The van der Waals surface area contributed by atoms with E-state index in [1.54, 1.807) is 24.8 Å². The van der Waals surface area contributed by atoms with Crippen LogP contribution in [0, 0.1) is 0 Å². The lowest BCUT2D eigenvalue weighted by molar-refractivity contribution is -0.120. The zero-order valence-electron chi connectivity index (χ0n) is 11.5. The minimum Gasteiger partial charge on any atom is -0.385 e. The largest absolute Gasteiger partial charge is 0.385 e. The van der Waals surface area contributed by atoms with Crippen molar-refractivity contribution in [3.05, 3.63) is 17.8 Å². The molecule has 0 saturated carbocycles. The minimum atomic E-state index is -0.183. The van der Waals surface area contributed by atoms with E-state index in [-0.39, 0.29) is 11.2 Å². The maximum absolute atomic E-state index is 12.0. The SMILES string of the molecule is COCCCNC(=O)C(C)Sc1ncnc2ccsc12. The summed E-state index contributed by atoms with van der Waals surface area (Å²) < 4.78 is 5.99. The molecule has 2 aromatic rings. The van der Waals surface area contributed by atoms with Crippen molar-refractivity contribution < 1.29 is 9.53 Å². The molecular weight excluding hydrogens is 294 g/mol. The lowest BCUT2D eigenvalue weighted by Gasteiger charge is -2.11. The van der Waals surface area contributed by atoms with E-state index in [0.717, 1.165) is 21.7 Å². The third kappa shape index (κ3) is 3.91. The molecule has 0 spiro atoms. The van der Waals surface area contributed by atoms with E-state index in [9.17, 15) is 4.79 Å². The molecule has 2 aromatic heterocycles. The van der Waals surface area contributed by atoms with Crippen LogP contribution in [0.15, 0.2) is 22.8 Å². The summed E-state index contributed by atoms with van der Waals surface area (Å²) in [7, 11) is 1.65. The Bertz CT molecular complexity index is 573. The number of aromatic nitrogens is 2. The number of carbonyl (C=O) groups excluding carboxylic acids is 1. The van der Waals surface area contributed by atoms with Crippen LogP contribution in [0.1, 0.15) is 13.3 Å². The Balaban J connectivity index is 1.92. The van der Waals surface area contributed by atoms with Crippen molar-refractivity contribution in [2.24, 2.45) is 0 Å². The van der Waals surface area contributed by atoms with Gasteiger partial charge in [0.05, 0.1) is 15.5 Å². The fraction of sp³-hybridized carbons (Fsp3) is 0.462. The molecule has 7 heteroatoms. The average molecular weight is 311 g/mol. The number of rotatable bonds is 7. The van der Waals surface area contributed by atoms with Gasteiger partial charge in [0, 0.05) is 20.3 Å². The summed E-state index contributed by atoms with van der Waals surface area (Å²) in [6, 6.07) is 1.96. The van der Waals surface area contributed by atoms with Gasteiger partial charge in [0.2, 0.25) is 5.91 Å². The number of thioether (sulfide) groups is 1. The smallest absolute Gasteiger partial charge is 0.233 e. The number of carbonyl (C=O) groups is 1. The molecule has 20 heavy (non-hydrogen) atoms. The molecule has 0 fully saturated rings. The highest BCUT2D eigenvalue weighted by Gasteiger charge is 2.16. The summed E-state index contributed by atoms with van der Waals surface area (Å²) in [5.74, 6) is 0.0226. The first-order valence-electron chi connectivity index (χ1n) is 6.34. The molecule has 5 nitrogen and oxygen atoms in total. The van der Waals surface area contributed by atoms with Crippen molar-refractivity contribution in [2.75, 3.05) is 20.3 Å². The molecule has 0 aliphatic rings. The van der Waals surface area contributed by atoms with Crippen molar-refractivity contribution in [3.8, 4) is 0 Å². The summed E-state index contributed by atoms with van der Waals surface area (Å²) in [4.78, 5) is 20.4. The van der Waals surface area contributed by atoms with Gasteiger partial charge in [0.25, 0.3) is 0 Å². The van der Waals surface area contributed by atoms with Crippen LogP contribution in [0.5, 0.6) is 0 Å². The summed E-state index contributed by atoms with van der Waals surface area (Å²) in [5, 5.41) is 5.57. The van der Waals surface area contributed by atoms with Crippen molar-refractivity contribution in [3.63, 3.8) is 0 Å². The minimum absolute atomic E-state index is 0.0226. The van der Waals surface area contributed by atoms with Crippen molar-refractivity contribution in [1.29, 1.82) is 0 Å². The Morgan fingerprint density at radius 2 is 2.40 bits per heavy atom. The fourth-order valence-electron chi connectivity index (χ4n) is 1.64. The molecule has 0 aliphatic carbocycles. The van der Waals surface area contributed by atoms with E-state index in [1.165, 1.54) is 11.8 Å². The molecule has 2 rings (SSSR count). The summed E-state index contributed by atoms with van der Waals surface area (Å²) >= 11 is 3.06. The molecule has 1 N–H and O–H groups in total. The molecule has 1 unspecified atom stereocenters. The van der Waals surface area contributed by atoms with Crippen LogP contribution in [0.25, 0.3) is 10.2 Å². The number of nitrogens with zero attached hydrogens (tertiary/aromatic N) is 2. The highest BCUT2D eigenvalue weighted by molar-refractivity contribution is 8.00. The lowest BCUT2D eigenvalue weighted by Crippen LogP contribution is -2.32. The van der Waals surface area contributed by atoms with E-state index < -0.39 is 0 Å². The zero-order valence-corrected chi connectivity index (χ0v) is 13.1. The monoisotopic (exact) mass is 311 g/mol. The van der Waals surface area contributed by atoms with Gasteiger partial charge < -0.3 is 10.1 Å². The molecule has 0 radical (unpaired) electrons. The first-order valence-corrected chi connectivity index (χ1v) is 8.10. The van der Waals surface area contributed by atoms with Crippen LogP contribution in [0.4, 0.5) is 0 Å². The van der Waals surface area contributed by atoms with Crippen LogP contribution >= 0.6 is 23.1 Å². The second-order valence-electron chi connectivity index (χ2n) is 4.21. The number of fused-ring (bicyclic) bond motifs is 1. The van der Waals surface area contributed by atoms with Crippen LogP contribution in [-0.2, 0) is 9.53 Å². The molecule has 0 saturated heterocycles. The molecule has 0 aliphatic heterocycles. The van der Waals surface area contributed by atoms with Crippen LogP contribution in [0.2, 0.25) is 0 Å². The van der Waals surface area contributed by atoms with E-state index in [1.807, 2.05) is 18.4 Å². The average Bonchev–Trinajstić information content (AvgIpc) is 2.93. The Morgan fingerprint density at radius 3 is 3.20 bits per heavy atom. The van der Waals surface area contributed by atoms with Gasteiger partial charge >= 0.3 is 0 Å². The summed E-state index contributed by atoms with van der Waals surface area (Å²) in [6.45, 7) is 3.18. The summed E-state index contributed by atoms with van der Waals surface area (Å²) in [5.41, 5.74) is 0.931. The lowest BCUT2D eigenvalue weighted by atomic mass is 10.4. The number of hydrogen-bond donors (Lipinski definition) is 1. The number of methoxy groups -OCH3 is 1. The van der Waals surface area contributed by atoms with Crippen LogP contribution in [-0.4, -0.2) is 41.4 Å². The molecule has 0 aromatic carbocycles. The second-order valence-corrected chi connectivity index (χ2v) is 6.46. The molecule has 0 bridgehead atoms. The Morgan fingerprint density at radius 1 is 1.55 bits per heavy atom. The van der Waals surface area contributed by atoms with Gasteiger partial charge in [-0.2, -0.15) is 0 Å². The number of amides is 1. The Labute approximate surface area is 126 Å². The van der Waals surface area contributed by atoms with Crippen molar-refractivity contribution >= 4 is 39.2 Å². The standard InChI is InChI=1S/C13H17N3O2S2/c1-9(12(17)14-5-3-6-18-2)20-13-11-10(4-7-19-11)15-8-16-13/h4,7-9H,3,5-6H2,1-2H3,(H,14,17). The first kappa shape index (κ1) is 15.2. The van der Waals surface area contributed by atoms with Crippen LogP contribution in [0.3, 0.4) is 0 Å². The third-order valence-corrected chi connectivity index (χ3v) is 4.83. The number of nitrogens with one attached hydrogen (secondary N) is 1. The maximum Gasteiger partial charge on any atom is 0.233 e. The second kappa shape index (κ2) is 7.56. The van der Waals surface area contributed by atoms with Gasteiger partial charge in [-0.3, -0.25) is 4.79 Å². The third-order valence-electron chi connectivity index (χ3n) is 2.69. The first-order chi connectivity index (χ1) is 9.72. The molecule has 2 heterocycles. The number of hydrogen-bond acceptors (Lipinski definition) is 6. The molecule has 108 valence electrons. The van der Waals surface area contributed by atoms with E-state index in [0.29, 0.717) is 13.2 Å². The normalized spacial score (nSPS) is 12.5. The predicted molar refractivity (Wildman–Crippen MR) is 82.2 cm³/mol. The molecule has 1 amide bonds. The number of thiophene rings is 1. The predicted octanol–water partition coefficient (Wildman–Crippen LogP) is 2.32. The number of ether oxygens (including phenoxy) is 1. The highest BCUT2D eigenvalue weighted by Crippen LogP contribution is 2.31. The van der Waals surface area contributed by atoms with Crippen molar-refractivity contribution in [2.45, 2.75) is 23.6 Å². The highest BCUT2D eigenvalue weighted by atomic mass is 32.2. The van der Waals surface area contributed by atoms with Crippen LogP contribution < -0.4 is 5.32 Å². The Kier molecular flexibility index (Phi) is 5.75. The zero-order chi connectivity index (χ0) is 14.4. The molecule has 1 atom stereocenters. The maximum atomic E-state index is 12.0. The van der Waals surface area contributed by atoms with Gasteiger partial charge in [-0.1, -0.05) is 11.8 Å². The van der Waals surface area contributed by atoms with Gasteiger partial charge in [-0.25, -0.2) is 9.97 Å². The van der Waals surface area contributed by atoms with Crippen molar-refractivity contribution in [1.82, 2.24) is 15.3 Å².